The highest BCUT2D eigenvalue weighted by molar-refractivity contribution is 8.00. The van der Waals surface area contributed by atoms with Gasteiger partial charge in [0.2, 0.25) is 0 Å². The number of ketones is 1. The summed E-state index contributed by atoms with van der Waals surface area (Å²) >= 11 is 1.41. The molecule has 0 radical (unpaired) electrons. The minimum Gasteiger partial charge on any atom is -0.469 e. The molecule has 2 heterocycles. The largest absolute Gasteiger partial charge is 0.469 e. The predicted octanol–water partition coefficient (Wildman–Crippen LogP) is 3.91. The Balaban J connectivity index is 2.13. The molecule has 23 heavy (non-hydrogen) atoms. The van der Waals surface area contributed by atoms with Gasteiger partial charge >= 0.3 is 0 Å². The molecule has 3 aromatic rings. The van der Waals surface area contributed by atoms with Crippen LogP contribution in [0, 0.1) is 6.92 Å². The quantitative estimate of drug-likeness (QED) is 0.665. The van der Waals surface area contributed by atoms with Gasteiger partial charge in [0.25, 0.3) is 0 Å². The molecule has 0 saturated carbocycles. The fourth-order valence-corrected chi connectivity index (χ4v) is 3.06. The summed E-state index contributed by atoms with van der Waals surface area (Å²) in [4.78, 5) is 11.6. The zero-order chi connectivity index (χ0) is 16.4. The summed E-state index contributed by atoms with van der Waals surface area (Å²) in [7, 11) is 0. The summed E-state index contributed by atoms with van der Waals surface area (Å²) in [5.74, 6) is 1.60. The molecule has 3 rings (SSSR count). The summed E-state index contributed by atoms with van der Waals surface area (Å²) in [5.41, 5.74) is 1.84. The highest BCUT2D eigenvalue weighted by atomic mass is 32.2. The Morgan fingerprint density at radius 1 is 1.22 bits per heavy atom. The average molecular weight is 327 g/mol. The minimum atomic E-state index is -0.181. The van der Waals surface area contributed by atoms with Crippen molar-refractivity contribution < 1.29 is 9.21 Å². The molecule has 1 aromatic carbocycles. The van der Waals surface area contributed by atoms with Gasteiger partial charge in [0, 0.05) is 5.69 Å². The van der Waals surface area contributed by atoms with Gasteiger partial charge in [-0.25, -0.2) is 0 Å². The first-order chi connectivity index (χ1) is 11.1. The number of para-hydroxylation sites is 1. The molecular weight excluding hydrogens is 310 g/mol. The number of Topliss-reactive ketones (excluding diaryl/α,β-unsaturated/α-hetero) is 1. The van der Waals surface area contributed by atoms with Crippen LogP contribution in [0.25, 0.3) is 17.1 Å². The SMILES string of the molecule is CC(=O)[C@H](C)Sc1nnc(-c2ccoc2C)n1-c1ccccc1. The molecule has 2 aromatic heterocycles. The molecule has 6 heteroatoms. The number of benzene rings is 1. The van der Waals surface area contributed by atoms with E-state index >= 15 is 0 Å². The Morgan fingerprint density at radius 3 is 2.57 bits per heavy atom. The molecule has 0 bridgehead atoms. The molecule has 5 nitrogen and oxygen atoms in total. The summed E-state index contributed by atoms with van der Waals surface area (Å²) in [6.45, 7) is 5.35. The van der Waals surface area contributed by atoms with Crippen molar-refractivity contribution in [3.8, 4) is 17.1 Å². The summed E-state index contributed by atoms with van der Waals surface area (Å²) in [5, 5.41) is 9.13. The number of carbonyl (C=O) groups is 1. The fourth-order valence-electron chi connectivity index (χ4n) is 2.19. The van der Waals surface area contributed by atoms with E-state index in [9.17, 15) is 4.79 Å². The Bertz CT molecular complexity index is 823. The van der Waals surface area contributed by atoms with Crippen molar-refractivity contribution in [2.75, 3.05) is 0 Å². The van der Waals surface area contributed by atoms with Gasteiger partial charge in [-0.15, -0.1) is 10.2 Å². The van der Waals surface area contributed by atoms with Gasteiger partial charge in [-0.05, 0) is 39.0 Å². The van der Waals surface area contributed by atoms with E-state index in [1.807, 2.05) is 54.8 Å². The number of thioether (sulfide) groups is 1. The van der Waals surface area contributed by atoms with Gasteiger partial charge in [-0.1, -0.05) is 30.0 Å². The average Bonchev–Trinajstić information content (AvgIpc) is 3.14. The molecule has 0 unspecified atom stereocenters. The zero-order valence-corrected chi connectivity index (χ0v) is 14.0. The number of hydrogen-bond acceptors (Lipinski definition) is 5. The Morgan fingerprint density at radius 2 is 1.96 bits per heavy atom. The van der Waals surface area contributed by atoms with E-state index in [0.717, 1.165) is 17.0 Å². The second kappa shape index (κ2) is 6.42. The number of furan rings is 1. The van der Waals surface area contributed by atoms with Crippen molar-refractivity contribution in [1.29, 1.82) is 0 Å². The molecule has 0 amide bonds. The van der Waals surface area contributed by atoms with Crippen molar-refractivity contribution in [1.82, 2.24) is 14.8 Å². The summed E-state index contributed by atoms with van der Waals surface area (Å²) in [6, 6.07) is 11.7. The Kier molecular flexibility index (Phi) is 4.34. The minimum absolute atomic E-state index is 0.110. The molecule has 0 spiro atoms. The van der Waals surface area contributed by atoms with Crippen LogP contribution in [0.4, 0.5) is 0 Å². The third-order valence-electron chi connectivity index (χ3n) is 3.60. The number of aryl methyl sites for hydroxylation is 1. The second-order valence-corrected chi connectivity index (χ2v) is 6.55. The van der Waals surface area contributed by atoms with Crippen LogP contribution >= 0.6 is 11.8 Å². The van der Waals surface area contributed by atoms with E-state index in [1.54, 1.807) is 13.2 Å². The summed E-state index contributed by atoms with van der Waals surface area (Å²) < 4.78 is 7.36. The third kappa shape index (κ3) is 3.07. The molecule has 0 N–H and O–H groups in total. The van der Waals surface area contributed by atoms with Crippen LogP contribution in [0.1, 0.15) is 19.6 Å². The maximum absolute atomic E-state index is 11.6. The van der Waals surface area contributed by atoms with Gasteiger partial charge in [-0.3, -0.25) is 9.36 Å². The van der Waals surface area contributed by atoms with E-state index in [2.05, 4.69) is 10.2 Å². The van der Waals surface area contributed by atoms with Gasteiger partial charge < -0.3 is 4.42 Å². The number of hydrogen-bond donors (Lipinski definition) is 0. The molecule has 0 saturated heterocycles. The molecule has 0 aliphatic rings. The van der Waals surface area contributed by atoms with Crippen LogP contribution in [0.2, 0.25) is 0 Å². The van der Waals surface area contributed by atoms with Crippen LogP contribution in [-0.2, 0) is 4.79 Å². The second-order valence-electron chi connectivity index (χ2n) is 5.24. The van der Waals surface area contributed by atoms with Crippen LogP contribution in [0.15, 0.2) is 52.2 Å². The lowest BCUT2D eigenvalue weighted by Crippen LogP contribution is -2.10. The van der Waals surface area contributed by atoms with Crippen molar-refractivity contribution in [3.05, 3.63) is 48.4 Å². The lowest BCUT2D eigenvalue weighted by atomic mass is 10.2. The van der Waals surface area contributed by atoms with E-state index in [1.165, 1.54) is 11.8 Å². The predicted molar refractivity (Wildman–Crippen MR) is 89.8 cm³/mol. The smallest absolute Gasteiger partial charge is 0.196 e. The number of nitrogens with zero attached hydrogens (tertiary/aromatic N) is 3. The standard InChI is InChI=1S/C17H17N3O2S/c1-11(21)13(3)23-17-19-18-16(15-9-10-22-12(15)2)20(17)14-7-5-4-6-8-14/h4-10,13H,1-3H3/t13-/m0/s1. The van der Waals surface area contributed by atoms with E-state index in [-0.39, 0.29) is 11.0 Å². The van der Waals surface area contributed by atoms with E-state index in [0.29, 0.717) is 11.0 Å². The number of carbonyl (C=O) groups excluding carboxylic acids is 1. The normalized spacial score (nSPS) is 12.3. The molecule has 0 aliphatic heterocycles. The topological polar surface area (TPSA) is 60.9 Å². The zero-order valence-electron chi connectivity index (χ0n) is 13.2. The molecule has 0 fully saturated rings. The highest BCUT2D eigenvalue weighted by Gasteiger charge is 2.21. The lowest BCUT2D eigenvalue weighted by molar-refractivity contribution is -0.116. The lowest BCUT2D eigenvalue weighted by Gasteiger charge is -2.11. The monoisotopic (exact) mass is 327 g/mol. The number of aromatic nitrogens is 3. The van der Waals surface area contributed by atoms with Crippen LogP contribution < -0.4 is 0 Å². The molecule has 0 aliphatic carbocycles. The first-order valence-electron chi connectivity index (χ1n) is 7.30. The maximum Gasteiger partial charge on any atom is 0.196 e. The molecule has 1 atom stereocenters. The first-order valence-corrected chi connectivity index (χ1v) is 8.18. The third-order valence-corrected chi connectivity index (χ3v) is 4.76. The van der Waals surface area contributed by atoms with E-state index in [4.69, 9.17) is 4.42 Å². The van der Waals surface area contributed by atoms with Crippen LogP contribution in [-0.4, -0.2) is 25.8 Å². The van der Waals surface area contributed by atoms with Crippen LogP contribution in [0.3, 0.4) is 0 Å². The van der Waals surface area contributed by atoms with Crippen molar-refractivity contribution in [2.24, 2.45) is 0 Å². The fraction of sp³-hybridized carbons (Fsp3) is 0.235. The van der Waals surface area contributed by atoms with Crippen molar-refractivity contribution >= 4 is 17.5 Å². The van der Waals surface area contributed by atoms with Gasteiger partial charge in [0.05, 0.1) is 17.1 Å². The van der Waals surface area contributed by atoms with E-state index < -0.39 is 0 Å². The maximum atomic E-state index is 11.6. The molecule has 118 valence electrons. The van der Waals surface area contributed by atoms with Crippen molar-refractivity contribution in [3.63, 3.8) is 0 Å². The van der Waals surface area contributed by atoms with Crippen molar-refractivity contribution in [2.45, 2.75) is 31.2 Å². The number of rotatable bonds is 5. The molecular formula is C17H17N3O2S. The first kappa shape index (κ1) is 15.6. The summed E-state index contributed by atoms with van der Waals surface area (Å²) in [6.07, 6.45) is 1.64. The Hall–Kier alpha value is -2.34. The Labute approximate surface area is 138 Å². The van der Waals surface area contributed by atoms with Crippen LogP contribution in [0.5, 0.6) is 0 Å². The highest BCUT2D eigenvalue weighted by Crippen LogP contribution is 2.31. The van der Waals surface area contributed by atoms with Gasteiger partial charge in [0.1, 0.15) is 11.5 Å². The van der Waals surface area contributed by atoms with Gasteiger partial charge in [-0.2, -0.15) is 0 Å². The van der Waals surface area contributed by atoms with Gasteiger partial charge in [0.15, 0.2) is 11.0 Å².